The molecule has 1 aromatic carbocycles. The maximum Gasteiger partial charge on any atom is 0.246 e. The Morgan fingerprint density at radius 2 is 2.20 bits per heavy atom. The van der Waals surface area contributed by atoms with Crippen molar-refractivity contribution in [3.05, 3.63) is 29.8 Å². The van der Waals surface area contributed by atoms with Crippen molar-refractivity contribution >= 4 is 11.8 Å². The van der Waals surface area contributed by atoms with Crippen LogP contribution in [0.25, 0.3) is 0 Å². The zero-order valence-corrected chi connectivity index (χ0v) is 11.9. The van der Waals surface area contributed by atoms with Crippen molar-refractivity contribution in [1.82, 2.24) is 10.2 Å². The van der Waals surface area contributed by atoms with Crippen molar-refractivity contribution in [3.63, 3.8) is 0 Å². The Morgan fingerprint density at radius 1 is 1.40 bits per heavy atom. The molecule has 2 amide bonds. The van der Waals surface area contributed by atoms with Crippen LogP contribution in [0.3, 0.4) is 0 Å². The third kappa shape index (κ3) is 3.36. The van der Waals surface area contributed by atoms with Crippen molar-refractivity contribution in [1.29, 1.82) is 0 Å². The number of carbonyl (C=O) groups excluding carboxylic acids is 2. The molecule has 5 nitrogen and oxygen atoms in total. The van der Waals surface area contributed by atoms with E-state index in [4.69, 9.17) is 4.74 Å². The fraction of sp³-hybridized carbons (Fsp3) is 0.467. The third-order valence-corrected chi connectivity index (χ3v) is 3.31. The molecule has 1 N–H and O–H groups in total. The molecular formula is C15H20N2O3. The first-order valence-electron chi connectivity index (χ1n) is 6.89. The second-order valence-electron chi connectivity index (χ2n) is 4.85. The van der Waals surface area contributed by atoms with Gasteiger partial charge in [0.1, 0.15) is 12.4 Å². The highest BCUT2D eigenvalue weighted by atomic mass is 16.5. The minimum atomic E-state index is -0.399. The van der Waals surface area contributed by atoms with E-state index in [2.05, 4.69) is 5.32 Å². The fourth-order valence-electron chi connectivity index (χ4n) is 2.28. The Bertz CT molecular complexity index is 502. The molecule has 1 fully saturated rings. The van der Waals surface area contributed by atoms with Crippen LogP contribution in [0.5, 0.6) is 5.75 Å². The van der Waals surface area contributed by atoms with E-state index in [1.807, 2.05) is 31.2 Å². The molecule has 0 spiro atoms. The average molecular weight is 276 g/mol. The summed E-state index contributed by atoms with van der Waals surface area (Å²) in [5.74, 6) is 0.582. The monoisotopic (exact) mass is 276 g/mol. The molecule has 0 aliphatic carbocycles. The number of imide groups is 1. The number of hydrogen-bond donors (Lipinski definition) is 1. The number of rotatable bonds is 6. The van der Waals surface area contributed by atoms with Crippen LogP contribution in [-0.2, 0) is 9.59 Å². The molecule has 108 valence electrons. The molecule has 0 saturated carbocycles. The fourth-order valence-corrected chi connectivity index (χ4v) is 2.28. The Hall–Kier alpha value is -1.88. The summed E-state index contributed by atoms with van der Waals surface area (Å²) >= 11 is 0. The van der Waals surface area contributed by atoms with Crippen molar-refractivity contribution in [2.24, 2.45) is 0 Å². The molecule has 1 atom stereocenters. The van der Waals surface area contributed by atoms with Gasteiger partial charge in [0.2, 0.25) is 11.8 Å². The van der Waals surface area contributed by atoms with Crippen molar-refractivity contribution in [3.8, 4) is 5.75 Å². The lowest BCUT2D eigenvalue weighted by molar-refractivity contribution is -0.138. The highest BCUT2D eigenvalue weighted by molar-refractivity contribution is 6.05. The second kappa shape index (κ2) is 6.52. The SMILES string of the molecule is CCN1C(=O)CC(NCCOc2cccc(C)c2)C1=O. The van der Waals surface area contributed by atoms with Crippen LogP contribution in [-0.4, -0.2) is 42.5 Å². The summed E-state index contributed by atoms with van der Waals surface area (Å²) in [5.41, 5.74) is 1.14. The van der Waals surface area contributed by atoms with Gasteiger partial charge in [-0.25, -0.2) is 0 Å². The quantitative estimate of drug-likeness (QED) is 0.624. The summed E-state index contributed by atoms with van der Waals surface area (Å²) in [5, 5.41) is 3.07. The van der Waals surface area contributed by atoms with Crippen LogP contribution < -0.4 is 10.1 Å². The van der Waals surface area contributed by atoms with Crippen LogP contribution in [0.15, 0.2) is 24.3 Å². The number of ether oxygens (including phenoxy) is 1. The number of hydrogen-bond acceptors (Lipinski definition) is 4. The van der Waals surface area contributed by atoms with E-state index in [-0.39, 0.29) is 18.2 Å². The average Bonchev–Trinajstić information content (AvgIpc) is 2.69. The number of carbonyl (C=O) groups is 2. The van der Waals surface area contributed by atoms with Gasteiger partial charge in [0.25, 0.3) is 0 Å². The van der Waals surface area contributed by atoms with Crippen LogP contribution in [0.1, 0.15) is 18.9 Å². The Balaban J connectivity index is 1.74. The highest BCUT2D eigenvalue weighted by Gasteiger charge is 2.36. The standard InChI is InChI=1S/C15H20N2O3/c1-3-17-14(18)10-13(15(17)19)16-7-8-20-12-6-4-5-11(2)9-12/h4-6,9,13,16H,3,7-8,10H2,1-2H3. The summed E-state index contributed by atoms with van der Waals surface area (Å²) in [4.78, 5) is 24.7. The van der Waals surface area contributed by atoms with Gasteiger partial charge in [-0.3, -0.25) is 14.5 Å². The van der Waals surface area contributed by atoms with Crippen LogP contribution >= 0.6 is 0 Å². The van der Waals surface area contributed by atoms with Gasteiger partial charge < -0.3 is 10.1 Å². The molecule has 1 aliphatic rings. The topological polar surface area (TPSA) is 58.6 Å². The first-order chi connectivity index (χ1) is 9.61. The molecule has 20 heavy (non-hydrogen) atoms. The first-order valence-corrected chi connectivity index (χ1v) is 6.89. The molecule has 1 unspecified atom stereocenters. The smallest absolute Gasteiger partial charge is 0.246 e. The summed E-state index contributed by atoms with van der Waals surface area (Å²) in [6.45, 7) is 5.25. The maximum atomic E-state index is 11.9. The molecular weight excluding hydrogens is 256 g/mol. The maximum absolute atomic E-state index is 11.9. The van der Waals surface area contributed by atoms with E-state index in [1.54, 1.807) is 6.92 Å². The van der Waals surface area contributed by atoms with E-state index in [1.165, 1.54) is 4.90 Å². The van der Waals surface area contributed by atoms with Gasteiger partial charge in [0.15, 0.2) is 0 Å². The van der Waals surface area contributed by atoms with E-state index < -0.39 is 6.04 Å². The highest BCUT2D eigenvalue weighted by Crippen LogP contribution is 2.13. The van der Waals surface area contributed by atoms with Gasteiger partial charge in [-0.15, -0.1) is 0 Å². The van der Waals surface area contributed by atoms with Crippen LogP contribution in [0.2, 0.25) is 0 Å². The Labute approximate surface area is 118 Å². The second-order valence-corrected chi connectivity index (χ2v) is 4.85. The summed E-state index contributed by atoms with van der Waals surface area (Å²) < 4.78 is 5.59. The van der Waals surface area contributed by atoms with Gasteiger partial charge in [-0.05, 0) is 31.5 Å². The van der Waals surface area contributed by atoms with Crippen molar-refractivity contribution < 1.29 is 14.3 Å². The zero-order valence-electron chi connectivity index (χ0n) is 11.9. The minimum absolute atomic E-state index is 0.102. The zero-order chi connectivity index (χ0) is 14.5. The first kappa shape index (κ1) is 14.5. The number of amides is 2. The molecule has 1 aliphatic heterocycles. The van der Waals surface area contributed by atoms with Crippen molar-refractivity contribution in [2.75, 3.05) is 19.7 Å². The summed E-state index contributed by atoms with van der Waals surface area (Å²) in [6, 6.07) is 7.41. The van der Waals surface area contributed by atoms with Crippen LogP contribution in [0.4, 0.5) is 0 Å². The number of likely N-dealkylation sites (N-methyl/N-ethyl adjacent to an activating group) is 1. The van der Waals surface area contributed by atoms with E-state index in [0.29, 0.717) is 19.7 Å². The molecule has 0 radical (unpaired) electrons. The minimum Gasteiger partial charge on any atom is -0.492 e. The van der Waals surface area contributed by atoms with E-state index >= 15 is 0 Å². The summed E-state index contributed by atoms with van der Waals surface area (Å²) in [7, 11) is 0. The molecule has 1 saturated heterocycles. The van der Waals surface area contributed by atoms with Gasteiger partial charge in [-0.1, -0.05) is 12.1 Å². The van der Waals surface area contributed by atoms with Gasteiger partial charge in [0, 0.05) is 13.1 Å². The van der Waals surface area contributed by atoms with E-state index in [0.717, 1.165) is 11.3 Å². The lowest BCUT2D eigenvalue weighted by atomic mass is 10.2. The number of nitrogens with zero attached hydrogens (tertiary/aromatic N) is 1. The molecule has 1 heterocycles. The van der Waals surface area contributed by atoms with Gasteiger partial charge >= 0.3 is 0 Å². The largest absolute Gasteiger partial charge is 0.492 e. The normalized spacial score (nSPS) is 18.7. The molecule has 0 bridgehead atoms. The number of likely N-dealkylation sites (tertiary alicyclic amines) is 1. The number of nitrogens with one attached hydrogen (secondary N) is 1. The lowest BCUT2D eigenvalue weighted by Gasteiger charge is -2.13. The van der Waals surface area contributed by atoms with Gasteiger partial charge in [0.05, 0.1) is 12.5 Å². The number of benzene rings is 1. The Morgan fingerprint density at radius 3 is 2.85 bits per heavy atom. The lowest BCUT2D eigenvalue weighted by Crippen LogP contribution is -2.40. The Kier molecular flexibility index (Phi) is 4.74. The van der Waals surface area contributed by atoms with Gasteiger partial charge in [-0.2, -0.15) is 0 Å². The molecule has 2 rings (SSSR count). The predicted octanol–water partition coefficient (Wildman–Crippen LogP) is 1.11. The van der Waals surface area contributed by atoms with Crippen molar-refractivity contribution in [2.45, 2.75) is 26.3 Å². The molecule has 1 aromatic rings. The van der Waals surface area contributed by atoms with Crippen LogP contribution in [0, 0.1) is 6.92 Å². The number of aryl methyl sites for hydroxylation is 1. The molecule has 0 aromatic heterocycles. The summed E-state index contributed by atoms with van der Waals surface area (Å²) in [6.07, 6.45) is 0.247. The predicted molar refractivity (Wildman–Crippen MR) is 75.5 cm³/mol. The third-order valence-electron chi connectivity index (χ3n) is 3.31. The van der Waals surface area contributed by atoms with E-state index in [9.17, 15) is 9.59 Å². The molecule has 5 heteroatoms.